The van der Waals surface area contributed by atoms with Gasteiger partial charge in [-0.05, 0) is 12.5 Å². The minimum absolute atomic E-state index is 0.0594. The molecule has 2 aromatic rings. The van der Waals surface area contributed by atoms with Crippen molar-refractivity contribution in [3.05, 3.63) is 47.1 Å². The Morgan fingerprint density at radius 2 is 1.93 bits per heavy atom. The predicted octanol–water partition coefficient (Wildman–Crippen LogP) is 3.44. The maximum absolute atomic E-state index is 12.4. The van der Waals surface area contributed by atoms with Crippen LogP contribution >= 0.6 is 23.4 Å². The molecule has 2 saturated heterocycles. The zero-order valence-corrected chi connectivity index (χ0v) is 18.4. The number of ether oxygens (including phenoxy) is 2. The molecule has 4 rings (SSSR count). The molecule has 30 heavy (non-hydrogen) atoms. The smallest absolute Gasteiger partial charge is 0.230 e. The molecular formula is C21H25ClN4O3S. The van der Waals surface area contributed by atoms with Gasteiger partial charge in [-0.25, -0.2) is 9.97 Å². The standard InChI is InChI=1S/C21H25ClN4O3S/c1-15(16-5-3-2-4-6-16)23-19(27)14-30-20-24-17(22)13-18(25-20)26-9-7-21(8-10-26)28-11-12-29-21/h2-6,13,15H,7-12,14H2,1H3,(H,23,27). The van der Waals surface area contributed by atoms with Crippen LogP contribution in [-0.2, 0) is 14.3 Å². The highest BCUT2D eigenvalue weighted by Crippen LogP contribution is 2.33. The Morgan fingerprint density at radius 3 is 2.63 bits per heavy atom. The zero-order chi connectivity index (χ0) is 21.0. The summed E-state index contributed by atoms with van der Waals surface area (Å²) in [5.74, 6) is 0.487. The summed E-state index contributed by atoms with van der Waals surface area (Å²) >= 11 is 7.51. The normalized spacial score (nSPS) is 19.1. The first-order chi connectivity index (χ1) is 14.5. The van der Waals surface area contributed by atoms with Crippen LogP contribution in [0.15, 0.2) is 41.6 Å². The molecule has 1 N–H and O–H groups in total. The van der Waals surface area contributed by atoms with Crippen LogP contribution in [0.1, 0.15) is 31.4 Å². The van der Waals surface area contributed by atoms with Crippen molar-refractivity contribution in [2.75, 3.05) is 37.0 Å². The van der Waals surface area contributed by atoms with E-state index in [9.17, 15) is 4.79 Å². The lowest BCUT2D eigenvalue weighted by atomic mass is 10.0. The van der Waals surface area contributed by atoms with Crippen molar-refractivity contribution < 1.29 is 14.3 Å². The van der Waals surface area contributed by atoms with Crippen molar-refractivity contribution in [2.45, 2.75) is 36.8 Å². The van der Waals surface area contributed by atoms with E-state index in [1.54, 1.807) is 6.07 Å². The highest BCUT2D eigenvalue weighted by atomic mass is 35.5. The van der Waals surface area contributed by atoms with Crippen LogP contribution in [0.3, 0.4) is 0 Å². The number of amides is 1. The lowest BCUT2D eigenvalue weighted by Crippen LogP contribution is -2.45. The van der Waals surface area contributed by atoms with Crippen LogP contribution in [0, 0.1) is 0 Å². The number of halogens is 1. The summed E-state index contributed by atoms with van der Waals surface area (Å²) < 4.78 is 11.6. The third kappa shape index (κ3) is 5.24. The minimum Gasteiger partial charge on any atom is -0.356 e. The molecule has 1 aromatic heterocycles. The maximum atomic E-state index is 12.4. The summed E-state index contributed by atoms with van der Waals surface area (Å²) in [7, 11) is 0. The van der Waals surface area contributed by atoms with Gasteiger partial charge in [0.2, 0.25) is 5.91 Å². The summed E-state index contributed by atoms with van der Waals surface area (Å²) in [5, 5.41) is 3.86. The summed E-state index contributed by atoms with van der Waals surface area (Å²) in [4.78, 5) is 23.4. The Balaban J connectivity index is 1.32. The van der Waals surface area contributed by atoms with E-state index in [0.29, 0.717) is 23.5 Å². The predicted molar refractivity (Wildman–Crippen MR) is 117 cm³/mol. The second kappa shape index (κ2) is 9.51. The van der Waals surface area contributed by atoms with Gasteiger partial charge in [-0.1, -0.05) is 53.7 Å². The number of carbonyl (C=O) groups is 1. The minimum atomic E-state index is -0.432. The van der Waals surface area contributed by atoms with Crippen molar-refractivity contribution in [1.29, 1.82) is 0 Å². The van der Waals surface area contributed by atoms with Gasteiger partial charge in [0.15, 0.2) is 10.9 Å². The van der Waals surface area contributed by atoms with Gasteiger partial charge in [-0.15, -0.1) is 0 Å². The van der Waals surface area contributed by atoms with E-state index in [0.717, 1.165) is 37.3 Å². The average molecular weight is 449 g/mol. The van der Waals surface area contributed by atoms with Gasteiger partial charge >= 0.3 is 0 Å². The summed E-state index contributed by atoms with van der Waals surface area (Å²) in [6, 6.07) is 11.6. The van der Waals surface area contributed by atoms with Gasteiger partial charge in [-0.2, -0.15) is 0 Å². The van der Waals surface area contributed by atoms with Crippen LogP contribution < -0.4 is 10.2 Å². The number of carbonyl (C=O) groups excluding carboxylic acids is 1. The van der Waals surface area contributed by atoms with E-state index in [2.05, 4.69) is 20.2 Å². The van der Waals surface area contributed by atoms with E-state index in [4.69, 9.17) is 21.1 Å². The SMILES string of the molecule is CC(NC(=O)CSc1nc(Cl)cc(N2CCC3(CC2)OCCO3)n1)c1ccccc1. The molecular weight excluding hydrogens is 424 g/mol. The van der Waals surface area contributed by atoms with E-state index < -0.39 is 5.79 Å². The fraction of sp³-hybridized carbons (Fsp3) is 0.476. The molecule has 1 amide bonds. The number of thioether (sulfide) groups is 1. The number of hydrogen-bond acceptors (Lipinski definition) is 7. The van der Waals surface area contributed by atoms with Crippen LogP contribution in [0.2, 0.25) is 5.15 Å². The molecule has 2 aliphatic heterocycles. The quantitative estimate of drug-likeness (QED) is 0.412. The molecule has 1 atom stereocenters. The molecule has 0 radical (unpaired) electrons. The third-order valence-electron chi connectivity index (χ3n) is 5.33. The molecule has 2 fully saturated rings. The second-order valence-corrected chi connectivity index (χ2v) is 8.74. The largest absolute Gasteiger partial charge is 0.356 e. The number of anilines is 1. The van der Waals surface area contributed by atoms with Crippen molar-refractivity contribution in [2.24, 2.45) is 0 Å². The first kappa shape index (κ1) is 21.4. The number of piperidine rings is 1. The van der Waals surface area contributed by atoms with Crippen molar-refractivity contribution in [1.82, 2.24) is 15.3 Å². The fourth-order valence-electron chi connectivity index (χ4n) is 3.71. The van der Waals surface area contributed by atoms with Gasteiger partial charge in [0, 0.05) is 32.0 Å². The second-order valence-electron chi connectivity index (χ2n) is 7.41. The van der Waals surface area contributed by atoms with E-state index in [-0.39, 0.29) is 17.7 Å². The summed E-state index contributed by atoms with van der Waals surface area (Å²) in [6.07, 6.45) is 1.58. The Hall–Kier alpha value is -1.87. The summed E-state index contributed by atoms with van der Waals surface area (Å²) in [5.41, 5.74) is 1.07. The van der Waals surface area contributed by atoms with E-state index in [1.807, 2.05) is 37.3 Å². The third-order valence-corrected chi connectivity index (χ3v) is 6.37. The molecule has 1 spiro atoms. The lowest BCUT2D eigenvalue weighted by molar-refractivity contribution is -0.169. The fourth-order valence-corrected chi connectivity index (χ4v) is 4.60. The number of hydrogen-bond donors (Lipinski definition) is 1. The van der Waals surface area contributed by atoms with Crippen molar-refractivity contribution in [3.8, 4) is 0 Å². The zero-order valence-electron chi connectivity index (χ0n) is 16.8. The Bertz CT molecular complexity index is 870. The monoisotopic (exact) mass is 448 g/mol. The van der Waals surface area contributed by atoms with Gasteiger partial charge in [0.05, 0.1) is 25.0 Å². The van der Waals surface area contributed by atoms with Crippen LogP contribution in [0.4, 0.5) is 5.82 Å². The van der Waals surface area contributed by atoms with Crippen LogP contribution in [-0.4, -0.2) is 53.7 Å². The van der Waals surface area contributed by atoms with Crippen molar-refractivity contribution >= 4 is 35.1 Å². The molecule has 1 unspecified atom stereocenters. The Labute approximate surface area is 185 Å². The van der Waals surface area contributed by atoms with E-state index in [1.165, 1.54) is 11.8 Å². The lowest BCUT2D eigenvalue weighted by Gasteiger charge is -2.38. The Kier molecular flexibility index (Phi) is 6.77. The van der Waals surface area contributed by atoms with Crippen LogP contribution in [0.25, 0.3) is 0 Å². The highest BCUT2D eigenvalue weighted by Gasteiger charge is 2.40. The topological polar surface area (TPSA) is 76.6 Å². The molecule has 0 aliphatic carbocycles. The molecule has 9 heteroatoms. The number of nitrogens with one attached hydrogen (secondary N) is 1. The number of nitrogens with zero attached hydrogens (tertiary/aromatic N) is 3. The first-order valence-electron chi connectivity index (χ1n) is 10.1. The molecule has 0 saturated carbocycles. The Morgan fingerprint density at radius 1 is 1.23 bits per heavy atom. The van der Waals surface area contributed by atoms with Gasteiger partial charge in [0.25, 0.3) is 0 Å². The highest BCUT2D eigenvalue weighted by molar-refractivity contribution is 7.99. The van der Waals surface area contributed by atoms with Gasteiger partial charge < -0.3 is 19.7 Å². The summed E-state index contributed by atoms with van der Waals surface area (Å²) in [6.45, 7) is 4.82. The van der Waals surface area contributed by atoms with Gasteiger partial charge in [0.1, 0.15) is 11.0 Å². The number of benzene rings is 1. The average Bonchev–Trinajstić information content (AvgIpc) is 3.21. The van der Waals surface area contributed by atoms with Crippen LogP contribution in [0.5, 0.6) is 0 Å². The maximum Gasteiger partial charge on any atom is 0.230 e. The van der Waals surface area contributed by atoms with Gasteiger partial charge in [-0.3, -0.25) is 4.79 Å². The molecule has 7 nitrogen and oxygen atoms in total. The molecule has 1 aromatic carbocycles. The number of aromatic nitrogens is 2. The molecule has 0 bridgehead atoms. The molecule has 2 aliphatic rings. The van der Waals surface area contributed by atoms with E-state index >= 15 is 0 Å². The van der Waals surface area contributed by atoms with Crippen molar-refractivity contribution in [3.63, 3.8) is 0 Å². The first-order valence-corrected chi connectivity index (χ1v) is 11.4. The molecule has 160 valence electrons. The molecule has 3 heterocycles. The number of rotatable bonds is 6.